The molecule has 2 rings (SSSR count). The van der Waals surface area contributed by atoms with Crippen molar-refractivity contribution in [1.82, 2.24) is 0 Å². The van der Waals surface area contributed by atoms with Crippen LogP contribution < -0.4 is 10.5 Å². The van der Waals surface area contributed by atoms with E-state index in [1.165, 1.54) is 0 Å². The summed E-state index contributed by atoms with van der Waals surface area (Å²) in [6.07, 6.45) is 0.540. The number of ether oxygens (including phenoxy) is 3. The molecule has 0 aliphatic carbocycles. The molecule has 1 unspecified atom stereocenters. The van der Waals surface area contributed by atoms with Crippen LogP contribution in [0.1, 0.15) is 16.8 Å². The Morgan fingerprint density at radius 3 is 2.89 bits per heavy atom. The third kappa shape index (κ3) is 3.12. The first-order valence-electron chi connectivity index (χ1n) is 6.29. The molecular formula is C14H19NO4. The van der Waals surface area contributed by atoms with Crippen LogP contribution in [0.3, 0.4) is 0 Å². The lowest BCUT2D eigenvalue weighted by molar-refractivity contribution is 0.0856. The number of benzene rings is 1. The van der Waals surface area contributed by atoms with Crippen molar-refractivity contribution in [3.05, 3.63) is 29.8 Å². The zero-order valence-electron chi connectivity index (χ0n) is 11.1. The van der Waals surface area contributed by atoms with Gasteiger partial charge >= 0.3 is 0 Å². The average molecular weight is 265 g/mol. The highest BCUT2D eigenvalue weighted by Gasteiger charge is 2.39. The summed E-state index contributed by atoms with van der Waals surface area (Å²) in [6.45, 7) is 1.65. The minimum absolute atomic E-state index is 0.127. The van der Waals surface area contributed by atoms with Gasteiger partial charge < -0.3 is 19.9 Å². The van der Waals surface area contributed by atoms with Gasteiger partial charge in [0.25, 0.3) is 0 Å². The lowest BCUT2D eigenvalue weighted by Crippen LogP contribution is -2.48. The fraction of sp³-hybridized carbons (Fsp3) is 0.500. The summed E-state index contributed by atoms with van der Waals surface area (Å²) in [5.74, 6) is 0.416. The summed E-state index contributed by atoms with van der Waals surface area (Å²) >= 11 is 0. The Morgan fingerprint density at radius 2 is 2.21 bits per heavy atom. The van der Waals surface area contributed by atoms with Crippen molar-refractivity contribution in [2.75, 3.05) is 33.5 Å². The SMILES string of the molecule is COCCOc1ccccc1C(=O)C1(N)CCOC1. The Hall–Kier alpha value is -1.43. The van der Waals surface area contributed by atoms with Gasteiger partial charge in [0.2, 0.25) is 0 Å². The van der Waals surface area contributed by atoms with Crippen LogP contribution in [0.5, 0.6) is 5.75 Å². The van der Waals surface area contributed by atoms with Crippen molar-refractivity contribution in [3.8, 4) is 5.75 Å². The van der Waals surface area contributed by atoms with E-state index in [1.54, 1.807) is 25.3 Å². The van der Waals surface area contributed by atoms with Crippen molar-refractivity contribution < 1.29 is 19.0 Å². The summed E-state index contributed by atoms with van der Waals surface area (Å²) in [4.78, 5) is 12.5. The molecule has 19 heavy (non-hydrogen) atoms. The number of para-hydroxylation sites is 1. The van der Waals surface area contributed by atoms with Crippen LogP contribution in [0.4, 0.5) is 0 Å². The molecule has 1 fully saturated rings. The van der Waals surface area contributed by atoms with E-state index in [4.69, 9.17) is 19.9 Å². The molecule has 0 saturated carbocycles. The van der Waals surface area contributed by atoms with Crippen LogP contribution in [0.2, 0.25) is 0 Å². The summed E-state index contributed by atoms with van der Waals surface area (Å²) in [5, 5.41) is 0. The molecule has 1 aromatic rings. The zero-order chi connectivity index (χ0) is 13.7. The van der Waals surface area contributed by atoms with Gasteiger partial charge in [0.15, 0.2) is 5.78 Å². The molecule has 0 bridgehead atoms. The van der Waals surface area contributed by atoms with Gasteiger partial charge in [0, 0.05) is 13.7 Å². The van der Waals surface area contributed by atoms with Gasteiger partial charge in [-0.25, -0.2) is 0 Å². The summed E-state index contributed by atoms with van der Waals surface area (Å²) in [6, 6.07) is 7.13. The maximum absolute atomic E-state index is 12.5. The first kappa shape index (κ1) is 14.0. The van der Waals surface area contributed by atoms with Gasteiger partial charge in [-0.2, -0.15) is 0 Å². The van der Waals surface area contributed by atoms with E-state index in [0.717, 1.165) is 0 Å². The van der Waals surface area contributed by atoms with Crippen molar-refractivity contribution in [3.63, 3.8) is 0 Å². The number of nitrogens with two attached hydrogens (primary N) is 1. The third-order valence-electron chi connectivity index (χ3n) is 3.18. The van der Waals surface area contributed by atoms with Gasteiger partial charge in [-0.1, -0.05) is 12.1 Å². The molecule has 1 aliphatic heterocycles. The Bertz CT molecular complexity index is 441. The predicted molar refractivity (Wildman–Crippen MR) is 70.5 cm³/mol. The van der Waals surface area contributed by atoms with E-state index >= 15 is 0 Å². The quantitative estimate of drug-likeness (QED) is 0.614. The van der Waals surface area contributed by atoms with Gasteiger partial charge in [0.1, 0.15) is 17.9 Å². The fourth-order valence-electron chi connectivity index (χ4n) is 2.04. The Labute approximate surface area is 112 Å². The van der Waals surface area contributed by atoms with Crippen LogP contribution in [0.15, 0.2) is 24.3 Å². The standard InChI is InChI=1S/C14H19NO4/c1-17-8-9-19-12-5-3-2-4-11(12)13(16)14(15)6-7-18-10-14/h2-5H,6-10,15H2,1H3. The first-order chi connectivity index (χ1) is 9.17. The highest BCUT2D eigenvalue weighted by atomic mass is 16.5. The van der Waals surface area contributed by atoms with E-state index in [1.807, 2.05) is 6.07 Å². The smallest absolute Gasteiger partial charge is 0.188 e. The molecule has 5 heteroatoms. The third-order valence-corrected chi connectivity index (χ3v) is 3.18. The highest BCUT2D eigenvalue weighted by molar-refractivity contribution is 6.05. The minimum atomic E-state index is -0.930. The molecule has 1 aromatic carbocycles. The Morgan fingerprint density at radius 1 is 1.42 bits per heavy atom. The molecule has 1 aliphatic rings. The van der Waals surface area contributed by atoms with Crippen LogP contribution >= 0.6 is 0 Å². The minimum Gasteiger partial charge on any atom is -0.490 e. The molecule has 104 valence electrons. The first-order valence-corrected chi connectivity index (χ1v) is 6.29. The number of ketones is 1. The number of Topliss-reactive ketones (excluding diaryl/α,β-unsaturated/α-hetero) is 1. The van der Waals surface area contributed by atoms with Crippen LogP contribution in [0, 0.1) is 0 Å². The van der Waals surface area contributed by atoms with Gasteiger partial charge in [-0.3, -0.25) is 4.79 Å². The average Bonchev–Trinajstić information content (AvgIpc) is 2.87. The van der Waals surface area contributed by atoms with Crippen LogP contribution in [0.25, 0.3) is 0 Å². The number of hydrogen-bond donors (Lipinski definition) is 1. The monoisotopic (exact) mass is 265 g/mol. The van der Waals surface area contributed by atoms with Crippen molar-refractivity contribution in [2.45, 2.75) is 12.0 Å². The molecule has 0 aromatic heterocycles. The fourth-order valence-corrected chi connectivity index (χ4v) is 2.04. The number of carbonyl (C=O) groups is 1. The number of rotatable bonds is 6. The highest BCUT2D eigenvalue weighted by Crippen LogP contribution is 2.26. The summed E-state index contributed by atoms with van der Waals surface area (Å²) in [7, 11) is 1.60. The molecule has 5 nitrogen and oxygen atoms in total. The molecule has 0 radical (unpaired) electrons. The van der Waals surface area contributed by atoms with Gasteiger partial charge in [-0.05, 0) is 18.6 Å². The lowest BCUT2D eigenvalue weighted by atomic mass is 9.89. The van der Waals surface area contributed by atoms with Crippen molar-refractivity contribution in [2.24, 2.45) is 5.73 Å². The van der Waals surface area contributed by atoms with Crippen LogP contribution in [-0.2, 0) is 9.47 Å². The molecule has 1 heterocycles. The van der Waals surface area contributed by atoms with Gasteiger partial charge in [0.05, 0.1) is 18.8 Å². The summed E-state index contributed by atoms with van der Waals surface area (Å²) < 4.78 is 15.7. The number of methoxy groups -OCH3 is 1. The van der Waals surface area contributed by atoms with Crippen molar-refractivity contribution in [1.29, 1.82) is 0 Å². The Balaban J connectivity index is 2.16. The molecule has 1 saturated heterocycles. The molecule has 0 amide bonds. The second-order valence-electron chi connectivity index (χ2n) is 4.63. The largest absolute Gasteiger partial charge is 0.490 e. The second kappa shape index (κ2) is 6.14. The summed E-state index contributed by atoms with van der Waals surface area (Å²) in [5.41, 5.74) is 5.68. The molecule has 1 atom stereocenters. The van der Waals surface area contributed by atoms with Crippen LogP contribution in [-0.4, -0.2) is 44.9 Å². The molecular weight excluding hydrogens is 246 g/mol. The number of hydrogen-bond acceptors (Lipinski definition) is 5. The van der Waals surface area contributed by atoms with Crippen molar-refractivity contribution >= 4 is 5.78 Å². The zero-order valence-corrected chi connectivity index (χ0v) is 11.1. The number of carbonyl (C=O) groups excluding carboxylic acids is 1. The topological polar surface area (TPSA) is 70.8 Å². The molecule has 0 spiro atoms. The lowest BCUT2D eigenvalue weighted by Gasteiger charge is -2.21. The second-order valence-corrected chi connectivity index (χ2v) is 4.63. The van der Waals surface area contributed by atoms with Gasteiger partial charge in [-0.15, -0.1) is 0 Å². The molecule has 2 N–H and O–H groups in total. The Kier molecular flexibility index (Phi) is 4.52. The van der Waals surface area contributed by atoms with E-state index in [0.29, 0.717) is 37.6 Å². The van der Waals surface area contributed by atoms with E-state index < -0.39 is 5.54 Å². The maximum atomic E-state index is 12.5. The normalized spacial score (nSPS) is 22.4. The van der Waals surface area contributed by atoms with E-state index in [-0.39, 0.29) is 12.4 Å². The van der Waals surface area contributed by atoms with E-state index in [9.17, 15) is 4.79 Å². The predicted octanol–water partition coefficient (Wildman–Crippen LogP) is 1.01. The maximum Gasteiger partial charge on any atom is 0.188 e. The van der Waals surface area contributed by atoms with E-state index in [2.05, 4.69) is 0 Å².